The summed E-state index contributed by atoms with van der Waals surface area (Å²) in [4.78, 5) is 35.6. The SMILES string of the molecule is O=C(CI)NCc1c(O)c(F)cc2c(-[13c]3[13cH][13cH][13cH][13cH][13c]3C(=O)O)c3cc(F)c(=O)cc-3oc12. The van der Waals surface area contributed by atoms with Crippen LogP contribution in [-0.4, -0.2) is 26.5 Å². The number of hydrogen-bond acceptors (Lipinski definition) is 5. The first-order valence-electron chi connectivity index (χ1n) is 9.48. The fourth-order valence-electron chi connectivity index (χ4n) is 3.62. The summed E-state index contributed by atoms with van der Waals surface area (Å²) >= 11 is 1.83. The molecular formula is C23H14F2INO6. The Hall–Kier alpha value is -3.54. The van der Waals surface area contributed by atoms with Crippen LogP contribution in [0.2, 0.25) is 0 Å². The van der Waals surface area contributed by atoms with Gasteiger partial charge in [0, 0.05) is 22.6 Å². The van der Waals surface area contributed by atoms with Gasteiger partial charge in [-0.2, -0.15) is 0 Å². The molecule has 3 N–H and O–H groups in total. The number of alkyl halides is 1. The molecule has 10 heteroatoms. The summed E-state index contributed by atoms with van der Waals surface area (Å²) in [5.41, 5.74) is -1.04. The van der Waals surface area contributed by atoms with Crippen LogP contribution in [0.25, 0.3) is 33.4 Å². The Labute approximate surface area is 198 Å². The second-order valence-corrected chi connectivity index (χ2v) is 7.84. The molecule has 168 valence electrons. The molecule has 0 atom stereocenters. The summed E-state index contributed by atoms with van der Waals surface area (Å²) in [6, 6.07) is 8.58. The molecule has 1 amide bonds. The van der Waals surface area contributed by atoms with Crippen molar-refractivity contribution in [2.24, 2.45) is 0 Å². The maximum Gasteiger partial charge on any atom is 0.336 e. The first-order valence-corrected chi connectivity index (χ1v) is 11.0. The van der Waals surface area contributed by atoms with E-state index in [4.69, 9.17) is 4.42 Å². The molecule has 0 aromatic heterocycles. The third-order valence-electron chi connectivity index (χ3n) is 5.10. The Morgan fingerprint density at radius 1 is 1.06 bits per heavy atom. The van der Waals surface area contributed by atoms with E-state index in [1.54, 1.807) is 6.07 Å². The van der Waals surface area contributed by atoms with Crippen molar-refractivity contribution in [3.8, 4) is 28.2 Å². The van der Waals surface area contributed by atoms with E-state index < -0.39 is 28.8 Å². The molecular weight excluding hydrogens is 557 g/mol. The van der Waals surface area contributed by atoms with Crippen molar-refractivity contribution < 1.29 is 33.0 Å². The maximum atomic E-state index is 14.8. The van der Waals surface area contributed by atoms with E-state index in [9.17, 15) is 33.4 Å². The van der Waals surface area contributed by atoms with Crippen LogP contribution in [0.4, 0.5) is 8.78 Å². The first kappa shape index (κ1) is 22.6. The van der Waals surface area contributed by atoms with Gasteiger partial charge in [-0.3, -0.25) is 9.59 Å². The number of rotatable bonds is 5. The van der Waals surface area contributed by atoms with Gasteiger partial charge in [0.05, 0.1) is 22.1 Å². The van der Waals surface area contributed by atoms with Crippen LogP contribution in [0.1, 0.15) is 15.9 Å². The lowest BCUT2D eigenvalue weighted by atomic mass is 9.99. The number of halogens is 3. The van der Waals surface area contributed by atoms with Crippen molar-refractivity contribution in [3.63, 3.8) is 0 Å². The predicted molar refractivity (Wildman–Crippen MR) is 124 cm³/mol. The van der Waals surface area contributed by atoms with Crippen molar-refractivity contribution in [2.75, 3.05) is 4.43 Å². The predicted octanol–water partition coefficient (Wildman–Crippen LogP) is 4.30. The number of aromatic hydroxyl groups is 1. The van der Waals surface area contributed by atoms with E-state index in [0.29, 0.717) is 0 Å². The fourth-order valence-corrected chi connectivity index (χ4v) is 3.89. The average Bonchev–Trinajstić information content (AvgIpc) is 2.79. The highest BCUT2D eigenvalue weighted by molar-refractivity contribution is 14.1. The van der Waals surface area contributed by atoms with Crippen molar-refractivity contribution in [1.29, 1.82) is 0 Å². The van der Waals surface area contributed by atoms with Crippen molar-refractivity contribution in [2.45, 2.75) is 6.54 Å². The van der Waals surface area contributed by atoms with Gasteiger partial charge >= 0.3 is 5.97 Å². The van der Waals surface area contributed by atoms with E-state index in [1.165, 1.54) is 18.2 Å². The number of carbonyl (C=O) groups excluding carboxylic acids is 1. The number of benzene rings is 3. The summed E-state index contributed by atoms with van der Waals surface area (Å²) in [6.45, 7) is -0.303. The summed E-state index contributed by atoms with van der Waals surface area (Å²) in [7, 11) is 0. The van der Waals surface area contributed by atoms with Gasteiger partial charge in [-0.05, 0) is 23.8 Å². The highest BCUT2D eigenvalue weighted by atomic mass is 127. The zero-order chi connectivity index (χ0) is 23.9. The molecule has 0 saturated carbocycles. The molecule has 0 fully saturated rings. The van der Waals surface area contributed by atoms with Crippen LogP contribution >= 0.6 is 22.6 Å². The Morgan fingerprint density at radius 2 is 1.79 bits per heavy atom. The molecule has 0 spiro atoms. The number of carboxylic acids is 1. The largest absolute Gasteiger partial charge is 0.504 e. The van der Waals surface area contributed by atoms with Crippen molar-refractivity contribution in [3.05, 3.63) is 75.4 Å². The number of hydrogen-bond donors (Lipinski definition) is 3. The van der Waals surface area contributed by atoms with Crippen LogP contribution in [-0.2, 0) is 11.3 Å². The monoisotopic (exact) mass is 571 g/mol. The number of carbonyl (C=O) groups is 2. The number of nitrogens with one attached hydrogen (secondary N) is 1. The Bertz CT molecular complexity index is 1470. The number of aromatic carboxylic acids is 1. The minimum absolute atomic E-state index is 0.0308. The first-order chi connectivity index (χ1) is 15.7. The number of amides is 1. The van der Waals surface area contributed by atoms with E-state index in [2.05, 4.69) is 5.32 Å². The zero-order valence-corrected chi connectivity index (χ0v) is 18.8. The molecule has 0 saturated heterocycles. The van der Waals surface area contributed by atoms with Crippen LogP contribution in [0.15, 0.2) is 51.7 Å². The van der Waals surface area contributed by atoms with E-state index in [0.717, 1.165) is 18.2 Å². The fraction of sp³-hybridized carbons (Fsp3) is 0.0870. The van der Waals surface area contributed by atoms with Gasteiger partial charge in [0.1, 0.15) is 11.3 Å². The smallest absolute Gasteiger partial charge is 0.336 e. The maximum absolute atomic E-state index is 14.8. The molecule has 1 heterocycles. The van der Waals surface area contributed by atoms with Gasteiger partial charge in [0.15, 0.2) is 17.4 Å². The number of phenolic OH excluding ortho intramolecular Hbond substituents is 1. The van der Waals surface area contributed by atoms with Gasteiger partial charge in [0.25, 0.3) is 0 Å². The number of fused-ring (bicyclic) bond motifs is 2. The molecule has 4 rings (SSSR count). The summed E-state index contributed by atoms with van der Waals surface area (Å²) in [6.07, 6.45) is 0. The van der Waals surface area contributed by atoms with Crippen LogP contribution in [0.5, 0.6) is 5.75 Å². The van der Waals surface area contributed by atoms with Gasteiger partial charge < -0.3 is 19.9 Å². The molecule has 2 aliphatic rings. The lowest BCUT2D eigenvalue weighted by Crippen LogP contribution is -2.23. The molecule has 7 nitrogen and oxygen atoms in total. The number of carboxylic acid groups (broad SMARTS) is 1. The van der Waals surface area contributed by atoms with Gasteiger partial charge in [0.2, 0.25) is 11.3 Å². The third-order valence-corrected chi connectivity index (χ3v) is 5.79. The second-order valence-electron chi connectivity index (χ2n) is 7.08. The van der Waals surface area contributed by atoms with E-state index in [-0.39, 0.29) is 61.4 Å². The van der Waals surface area contributed by atoms with E-state index >= 15 is 0 Å². The average molecular weight is 571 g/mol. The normalized spacial score (nSPS) is 11.1. The van der Waals surface area contributed by atoms with Crippen LogP contribution in [0, 0.1) is 11.6 Å². The van der Waals surface area contributed by atoms with Gasteiger partial charge in [-0.15, -0.1) is 0 Å². The summed E-state index contributed by atoms with van der Waals surface area (Å²) in [5.74, 6) is -4.68. The van der Waals surface area contributed by atoms with Crippen LogP contribution < -0.4 is 10.7 Å². The van der Waals surface area contributed by atoms with Crippen molar-refractivity contribution >= 4 is 45.4 Å². The Kier molecular flexibility index (Phi) is 6.02. The third kappa shape index (κ3) is 4.01. The molecule has 33 heavy (non-hydrogen) atoms. The minimum Gasteiger partial charge on any atom is -0.504 e. The summed E-state index contributed by atoms with van der Waals surface area (Å²) < 4.78 is 34.9. The number of phenols is 1. The topological polar surface area (TPSA) is 117 Å². The van der Waals surface area contributed by atoms with E-state index in [1.807, 2.05) is 22.6 Å². The standard InChI is InChI=1S/C23H14F2INO6/c24-15-5-12-18(7-17(15)28)33-22-13(20(12)10-3-1-2-4-11(10)23(31)32)6-16(25)21(30)14(22)9-27-19(29)8-26/h1-7,30H,8-9H2,(H,27,29)(H,31,32)/i1+1,2+1,3+1,4+1,10+1,11+1. The quantitative estimate of drug-likeness (QED) is 0.187. The molecule has 2 aromatic carbocycles. The molecule has 1 aliphatic heterocycles. The lowest BCUT2D eigenvalue weighted by Gasteiger charge is -2.19. The molecule has 0 radical (unpaired) electrons. The second kappa shape index (κ2) is 8.77. The highest BCUT2D eigenvalue weighted by Crippen LogP contribution is 2.44. The van der Waals surface area contributed by atoms with Gasteiger partial charge in [-0.25, -0.2) is 13.6 Å². The Balaban J connectivity index is 2.18. The molecule has 0 unspecified atom stereocenters. The van der Waals surface area contributed by atoms with Crippen LogP contribution in [0.3, 0.4) is 0 Å². The molecule has 1 aliphatic carbocycles. The zero-order valence-electron chi connectivity index (χ0n) is 16.6. The van der Waals surface area contributed by atoms with Gasteiger partial charge in [-0.1, -0.05) is 40.8 Å². The van der Waals surface area contributed by atoms with Crippen molar-refractivity contribution in [1.82, 2.24) is 5.32 Å². The molecule has 2 aromatic rings. The highest BCUT2D eigenvalue weighted by Gasteiger charge is 2.26. The minimum atomic E-state index is -1.28. The lowest BCUT2D eigenvalue weighted by molar-refractivity contribution is -0.118. The summed E-state index contributed by atoms with van der Waals surface area (Å²) in [5, 5.41) is 22.6. The Morgan fingerprint density at radius 3 is 2.48 bits per heavy atom. The molecule has 0 bridgehead atoms.